The van der Waals surface area contributed by atoms with E-state index in [9.17, 15) is 34.8 Å². The van der Waals surface area contributed by atoms with E-state index < -0.39 is 50.1 Å². The van der Waals surface area contributed by atoms with Gasteiger partial charge in [0.05, 0.1) is 11.1 Å². The van der Waals surface area contributed by atoms with Crippen LogP contribution in [0.25, 0.3) is 0 Å². The Labute approximate surface area is 125 Å². The average molecular weight is 370 g/mol. The Hall–Kier alpha value is -1.49. The molecule has 0 aliphatic carbocycles. The summed E-state index contributed by atoms with van der Waals surface area (Å²) in [6.07, 6.45) is -10.3. The third-order valence-electron chi connectivity index (χ3n) is 2.28. The smallest absolute Gasteiger partial charge is 0.289 e. The van der Waals surface area contributed by atoms with Crippen molar-refractivity contribution in [3.63, 3.8) is 0 Å². The Balaban J connectivity index is 3.62. The molecule has 0 spiro atoms. The van der Waals surface area contributed by atoms with Crippen molar-refractivity contribution in [2.45, 2.75) is 17.2 Å². The first kappa shape index (κ1) is 18.6. The van der Waals surface area contributed by atoms with Crippen LogP contribution in [-0.2, 0) is 22.4 Å². The van der Waals surface area contributed by atoms with E-state index in [1.54, 1.807) is 4.40 Å². The number of amidine groups is 1. The van der Waals surface area contributed by atoms with E-state index in [2.05, 4.69) is 0 Å². The van der Waals surface area contributed by atoms with Gasteiger partial charge < -0.3 is 0 Å². The number of nitrogens with one attached hydrogen (secondary N) is 1. The standard InChI is InChI=1S/C10H7ClF6N2O2S/c11-4-8(18)19-22(20,21)7-2-5(9(12,13)14)1-6(3-7)10(15,16)17/h1-3H,4H2,(H2,18,19)/p+1. The van der Waals surface area contributed by atoms with E-state index in [1.807, 2.05) is 0 Å². The van der Waals surface area contributed by atoms with Crippen molar-refractivity contribution in [2.75, 3.05) is 5.88 Å². The maximum atomic E-state index is 12.6. The molecule has 0 bridgehead atoms. The largest absolute Gasteiger partial charge is 0.416 e. The highest BCUT2D eigenvalue weighted by Gasteiger charge is 2.38. The Morgan fingerprint density at radius 2 is 1.45 bits per heavy atom. The normalized spacial score (nSPS) is 14.2. The SMILES string of the molecule is NC(CCl)=[NH+]S(=O)(=O)c1cc(C(F)(F)F)cc(C(F)(F)F)c1. The van der Waals surface area contributed by atoms with Crippen molar-refractivity contribution in [3.05, 3.63) is 29.3 Å². The molecule has 22 heavy (non-hydrogen) atoms. The molecule has 0 heterocycles. The molecule has 0 atom stereocenters. The second kappa shape index (κ2) is 5.95. The van der Waals surface area contributed by atoms with Gasteiger partial charge in [-0.2, -0.15) is 39.2 Å². The van der Waals surface area contributed by atoms with Crippen LogP contribution in [0.2, 0.25) is 0 Å². The molecule has 0 radical (unpaired) electrons. The van der Waals surface area contributed by atoms with Gasteiger partial charge in [0.1, 0.15) is 10.8 Å². The average Bonchev–Trinajstić information content (AvgIpc) is 2.35. The van der Waals surface area contributed by atoms with Gasteiger partial charge in [-0.1, -0.05) is 0 Å². The maximum absolute atomic E-state index is 12.6. The predicted octanol–water partition coefficient (Wildman–Crippen LogP) is 1.09. The van der Waals surface area contributed by atoms with Gasteiger partial charge in [0.15, 0.2) is 0 Å². The molecule has 124 valence electrons. The van der Waals surface area contributed by atoms with E-state index in [0.29, 0.717) is 0 Å². The molecule has 1 aromatic rings. The first-order valence-corrected chi connectivity index (χ1v) is 7.28. The summed E-state index contributed by atoms with van der Waals surface area (Å²) >= 11 is 5.20. The molecule has 0 fully saturated rings. The highest BCUT2D eigenvalue weighted by molar-refractivity contribution is 7.84. The molecule has 0 aromatic heterocycles. The molecule has 1 rings (SSSR count). The minimum Gasteiger partial charge on any atom is -0.289 e. The fourth-order valence-electron chi connectivity index (χ4n) is 1.34. The Morgan fingerprint density at radius 3 is 1.77 bits per heavy atom. The van der Waals surface area contributed by atoms with E-state index in [-0.39, 0.29) is 18.2 Å². The first-order chi connectivity index (χ1) is 9.77. The van der Waals surface area contributed by atoms with Crippen LogP contribution >= 0.6 is 11.6 Å². The third kappa shape index (κ3) is 4.50. The van der Waals surface area contributed by atoms with Gasteiger partial charge in [0, 0.05) is 0 Å². The molecule has 0 aliphatic heterocycles. The van der Waals surface area contributed by atoms with Gasteiger partial charge in [0.25, 0.3) is 5.84 Å². The Kier molecular flexibility index (Phi) is 5.02. The lowest BCUT2D eigenvalue weighted by Crippen LogP contribution is -2.79. The molecule has 0 amide bonds. The molecular formula is C10H8ClF6N2O2S+. The molecule has 0 saturated carbocycles. The van der Waals surface area contributed by atoms with Gasteiger partial charge in [-0.15, -0.1) is 11.6 Å². The number of rotatable bonds is 3. The number of hydrogen-bond acceptors (Lipinski definition) is 2. The maximum Gasteiger partial charge on any atom is 0.416 e. The minimum absolute atomic E-state index is 0.0685. The summed E-state index contributed by atoms with van der Waals surface area (Å²) in [7, 11) is -4.73. The fraction of sp³-hybridized carbons (Fsp3) is 0.300. The summed E-state index contributed by atoms with van der Waals surface area (Å²) in [5, 5.41) is 0. The lowest BCUT2D eigenvalue weighted by molar-refractivity contribution is -0.269. The summed E-state index contributed by atoms with van der Waals surface area (Å²) in [5.74, 6) is -1.06. The van der Waals surface area contributed by atoms with Crippen LogP contribution < -0.4 is 10.1 Å². The molecule has 0 unspecified atom stereocenters. The van der Waals surface area contributed by atoms with E-state index >= 15 is 0 Å². The summed E-state index contributed by atoms with van der Waals surface area (Å²) in [5.41, 5.74) is 1.58. The van der Waals surface area contributed by atoms with Crippen molar-refractivity contribution in [1.82, 2.24) is 0 Å². The van der Waals surface area contributed by atoms with Crippen LogP contribution in [0.3, 0.4) is 0 Å². The zero-order chi connectivity index (χ0) is 17.3. The van der Waals surface area contributed by atoms with E-state index in [1.165, 1.54) is 0 Å². The Morgan fingerprint density at radius 1 is 1.05 bits per heavy atom. The second-order valence-electron chi connectivity index (χ2n) is 4.01. The summed E-state index contributed by atoms with van der Waals surface area (Å²) in [4.78, 5) is -1.23. The van der Waals surface area contributed by atoms with Crippen LogP contribution in [0, 0.1) is 0 Å². The topological polar surface area (TPSA) is 74.1 Å². The molecule has 0 saturated heterocycles. The van der Waals surface area contributed by atoms with Gasteiger partial charge >= 0.3 is 22.4 Å². The zero-order valence-corrected chi connectivity index (χ0v) is 12.0. The van der Waals surface area contributed by atoms with Gasteiger partial charge in [-0.3, -0.25) is 5.73 Å². The number of nitrogens with two attached hydrogens (primary N) is 1. The van der Waals surface area contributed by atoms with Crippen LogP contribution in [0.5, 0.6) is 0 Å². The lowest BCUT2D eigenvalue weighted by atomic mass is 10.1. The van der Waals surface area contributed by atoms with Crippen molar-refractivity contribution in [2.24, 2.45) is 5.73 Å². The summed E-state index contributed by atoms with van der Waals surface area (Å²) in [6, 6.07) is -0.0498. The van der Waals surface area contributed by atoms with E-state index in [4.69, 9.17) is 17.3 Å². The summed E-state index contributed by atoms with van der Waals surface area (Å²) < 4.78 is 101. The van der Waals surface area contributed by atoms with Crippen molar-refractivity contribution < 1.29 is 39.2 Å². The number of sulfonamides is 1. The molecule has 4 nitrogen and oxygen atoms in total. The van der Waals surface area contributed by atoms with Gasteiger partial charge in [-0.25, -0.2) is 0 Å². The van der Waals surface area contributed by atoms with Crippen LogP contribution in [0.4, 0.5) is 26.3 Å². The Bertz CT molecular complexity index is 664. The van der Waals surface area contributed by atoms with Crippen molar-refractivity contribution in [1.29, 1.82) is 0 Å². The van der Waals surface area contributed by atoms with Crippen LogP contribution in [-0.4, -0.2) is 20.1 Å². The van der Waals surface area contributed by atoms with E-state index in [0.717, 1.165) is 0 Å². The fourth-order valence-corrected chi connectivity index (χ4v) is 2.59. The molecule has 12 heteroatoms. The number of hydrogen-bond donors (Lipinski definition) is 2. The van der Waals surface area contributed by atoms with Gasteiger partial charge in [0.2, 0.25) is 0 Å². The lowest BCUT2D eigenvalue weighted by Gasteiger charge is -2.13. The quantitative estimate of drug-likeness (QED) is 0.362. The van der Waals surface area contributed by atoms with Crippen molar-refractivity contribution >= 4 is 27.5 Å². The molecular weight excluding hydrogens is 362 g/mol. The molecule has 3 N–H and O–H groups in total. The number of halogens is 7. The monoisotopic (exact) mass is 369 g/mol. The number of benzene rings is 1. The van der Waals surface area contributed by atoms with Gasteiger partial charge in [-0.05, 0) is 18.2 Å². The highest BCUT2D eigenvalue weighted by Crippen LogP contribution is 2.36. The zero-order valence-electron chi connectivity index (χ0n) is 10.4. The third-order valence-corrected chi connectivity index (χ3v) is 3.96. The number of alkyl halides is 7. The first-order valence-electron chi connectivity index (χ1n) is 5.27. The molecule has 0 aliphatic rings. The summed E-state index contributed by atoms with van der Waals surface area (Å²) in [6.45, 7) is 0. The predicted molar refractivity (Wildman–Crippen MR) is 64.5 cm³/mol. The second-order valence-corrected chi connectivity index (χ2v) is 5.96. The van der Waals surface area contributed by atoms with Crippen LogP contribution in [0.1, 0.15) is 11.1 Å². The van der Waals surface area contributed by atoms with Crippen LogP contribution in [0.15, 0.2) is 23.1 Å². The molecule has 1 aromatic carbocycles. The van der Waals surface area contributed by atoms with Crippen molar-refractivity contribution in [3.8, 4) is 0 Å². The highest BCUT2D eigenvalue weighted by atomic mass is 35.5. The minimum atomic E-state index is -5.16.